The summed E-state index contributed by atoms with van der Waals surface area (Å²) in [4.78, 5) is 3.49. The molecule has 0 aliphatic heterocycles. The van der Waals surface area contributed by atoms with Crippen LogP contribution in [0, 0.1) is 12.3 Å². The predicted octanol–water partition coefficient (Wildman–Crippen LogP) is 3.31. The minimum Gasteiger partial charge on any atom is -0.301 e. The van der Waals surface area contributed by atoms with Crippen molar-refractivity contribution in [3.05, 3.63) is 0 Å². The summed E-state index contributed by atoms with van der Waals surface area (Å²) in [5.74, 6) is 2.25. The Morgan fingerprint density at radius 3 is 1.42 bits per heavy atom. The summed E-state index contributed by atoms with van der Waals surface area (Å²) in [6.07, 6.45) is 7.54. The van der Waals surface area contributed by atoms with Gasteiger partial charge in [-0.2, -0.15) is 12.6 Å². The molecule has 0 aliphatic rings. The van der Waals surface area contributed by atoms with Crippen LogP contribution >= 0.6 is 12.6 Å². The van der Waals surface area contributed by atoms with Gasteiger partial charge in [0.1, 0.15) is 0 Å². The topological polar surface area (TPSA) is 12.4 Å². The Morgan fingerprint density at radius 1 is 1.33 bits per heavy atom. The molecule has 0 aromatic rings. The van der Waals surface area contributed by atoms with Gasteiger partial charge < -0.3 is 4.99 Å². The molecule has 0 aliphatic carbocycles. The number of hydrogen-bond donors (Lipinski definition) is 1. The fraction of sp³-hybridized carbons (Fsp3) is 0.700. The lowest BCUT2D eigenvalue weighted by Crippen LogP contribution is -1.54. The Balaban J connectivity index is -0.0000000368. The van der Waals surface area contributed by atoms with E-state index in [1.807, 2.05) is 6.92 Å². The second-order valence-electron chi connectivity index (χ2n) is 1.54. The molecule has 0 saturated heterocycles. The highest BCUT2D eigenvalue weighted by Gasteiger charge is 1.43. The first kappa shape index (κ1) is 22.6. The van der Waals surface area contributed by atoms with Crippen LogP contribution in [0.25, 0.3) is 0 Å². The van der Waals surface area contributed by atoms with Crippen LogP contribution in [0.5, 0.6) is 0 Å². The zero-order valence-corrected chi connectivity index (χ0v) is 9.99. The highest BCUT2D eigenvalue weighted by molar-refractivity contribution is 7.79. The van der Waals surface area contributed by atoms with Crippen molar-refractivity contribution < 1.29 is 0 Å². The second-order valence-corrected chi connectivity index (χ2v) is 1.54. The summed E-state index contributed by atoms with van der Waals surface area (Å²) in [6, 6.07) is 0. The molecule has 0 atom stereocenters. The molecule has 0 aromatic heterocycles. The number of hydrogen-bond acceptors (Lipinski definition) is 2. The van der Waals surface area contributed by atoms with Crippen LogP contribution in [0.3, 0.4) is 0 Å². The molecule has 0 rings (SSSR count). The van der Waals surface area contributed by atoms with Gasteiger partial charge in [0.25, 0.3) is 0 Å². The third-order valence-electron chi connectivity index (χ3n) is 0.224. The van der Waals surface area contributed by atoms with E-state index in [9.17, 15) is 0 Å². The van der Waals surface area contributed by atoms with Crippen molar-refractivity contribution in [2.75, 3.05) is 12.8 Å². The molecule has 0 unspecified atom stereocenters. The fourth-order valence-electron chi connectivity index (χ4n) is 0. The van der Waals surface area contributed by atoms with Crippen molar-refractivity contribution in [2.24, 2.45) is 4.99 Å². The van der Waals surface area contributed by atoms with Crippen LogP contribution in [0.15, 0.2) is 4.99 Å². The molecule has 0 spiro atoms. The van der Waals surface area contributed by atoms with Gasteiger partial charge in [-0.05, 0) is 26.8 Å². The SMILES string of the molecule is C#CC.C=NCC.CCC.CS. The molecule has 12 heavy (non-hydrogen) atoms. The molecular formula is C10H23NS. The van der Waals surface area contributed by atoms with E-state index in [1.54, 1.807) is 13.2 Å². The second kappa shape index (κ2) is 75.8. The summed E-state index contributed by atoms with van der Waals surface area (Å²) in [5, 5.41) is 0. The molecule has 0 N–H and O–H groups in total. The minimum atomic E-state index is 0.833. The lowest BCUT2D eigenvalue weighted by atomic mass is 10.6. The van der Waals surface area contributed by atoms with Gasteiger partial charge in [-0.25, -0.2) is 0 Å². The van der Waals surface area contributed by atoms with Crippen LogP contribution in [-0.4, -0.2) is 19.5 Å². The van der Waals surface area contributed by atoms with E-state index in [4.69, 9.17) is 0 Å². The fourth-order valence-corrected chi connectivity index (χ4v) is 0. The summed E-state index contributed by atoms with van der Waals surface area (Å²) >= 11 is 3.53. The number of thiol groups is 1. The van der Waals surface area contributed by atoms with E-state index in [0.717, 1.165) is 6.54 Å². The number of terminal acetylenes is 1. The van der Waals surface area contributed by atoms with Gasteiger partial charge >= 0.3 is 0 Å². The lowest BCUT2D eigenvalue weighted by Gasteiger charge is -1.61. The maximum Gasteiger partial charge on any atom is 0.0353 e. The van der Waals surface area contributed by atoms with Gasteiger partial charge in [-0.1, -0.05) is 20.3 Å². The third kappa shape index (κ3) is 2100. The zero-order chi connectivity index (χ0) is 10.8. The number of nitrogens with zero attached hydrogens (tertiary/aromatic N) is 1. The highest BCUT2D eigenvalue weighted by Crippen LogP contribution is 1.56. The highest BCUT2D eigenvalue weighted by atomic mass is 32.1. The van der Waals surface area contributed by atoms with Gasteiger partial charge in [-0.3, -0.25) is 0 Å². The third-order valence-corrected chi connectivity index (χ3v) is 0.224. The average Bonchev–Trinajstić information content (AvgIpc) is 2.10. The lowest BCUT2D eigenvalue weighted by molar-refractivity contribution is 1.09. The van der Waals surface area contributed by atoms with Crippen molar-refractivity contribution in [3.8, 4) is 12.3 Å². The van der Waals surface area contributed by atoms with Gasteiger partial charge in [0, 0.05) is 6.54 Å². The maximum absolute atomic E-state index is 4.60. The van der Waals surface area contributed by atoms with E-state index >= 15 is 0 Å². The average molecular weight is 189 g/mol. The first-order chi connectivity index (χ1) is 5.74. The molecule has 0 saturated carbocycles. The molecule has 2 heteroatoms. The Hall–Kier alpha value is -0.420. The van der Waals surface area contributed by atoms with Gasteiger partial charge in [0.15, 0.2) is 0 Å². The van der Waals surface area contributed by atoms with Crippen molar-refractivity contribution in [1.82, 2.24) is 0 Å². The standard InChI is InChI=1S/C3H7N.C3H8.C3H4.CH4S/c1-3-4-2;2*1-3-2;1-2/h2-3H2,1H3;3H2,1-2H3;1H,2H3;2H,1H3. The van der Waals surface area contributed by atoms with Gasteiger partial charge in [-0.15, -0.1) is 12.3 Å². The number of aliphatic imine (C=N–C) groups is 1. The van der Waals surface area contributed by atoms with Crippen LogP contribution in [0.4, 0.5) is 0 Å². The molecule has 0 bridgehead atoms. The maximum atomic E-state index is 4.60. The summed E-state index contributed by atoms with van der Waals surface area (Å²) in [6.45, 7) is 11.9. The normalized spacial score (nSPS) is 4.75. The van der Waals surface area contributed by atoms with E-state index in [1.165, 1.54) is 6.42 Å². The molecule has 0 heterocycles. The Bertz CT molecular complexity index is 74.4. The quantitative estimate of drug-likeness (QED) is 0.369. The minimum absolute atomic E-state index is 0.833. The molecule has 0 aromatic carbocycles. The Morgan fingerprint density at radius 2 is 1.42 bits per heavy atom. The van der Waals surface area contributed by atoms with Crippen LogP contribution in [-0.2, 0) is 0 Å². The summed E-state index contributed by atoms with van der Waals surface area (Å²) in [7, 11) is 0. The van der Waals surface area contributed by atoms with E-state index in [0.29, 0.717) is 0 Å². The zero-order valence-electron chi connectivity index (χ0n) is 9.09. The molecule has 74 valence electrons. The summed E-state index contributed by atoms with van der Waals surface area (Å²) in [5.41, 5.74) is 0. The molecule has 0 fully saturated rings. The van der Waals surface area contributed by atoms with Crippen molar-refractivity contribution >= 4 is 19.3 Å². The van der Waals surface area contributed by atoms with Crippen molar-refractivity contribution in [1.29, 1.82) is 0 Å². The van der Waals surface area contributed by atoms with E-state index in [2.05, 4.69) is 50.5 Å². The van der Waals surface area contributed by atoms with E-state index in [-0.39, 0.29) is 0 Å². The summed E-state index contributed by atoms with van der Waals surface area (Å²) < 4.78 is 0. The molecule has 0 radical (unpaired) electrons. The Labute approximate surface area is 84.1 Å². The van der Waals surface area contributed by atoms with Crippen molar-refractivity contribution in [2.45, 2.75) is 34.1 Å². The largest absolute Gasteiger partial charge is 0.301 e. The van der Waals surface area contributed by atoms with E-state index < -0.39 is 0 Å². The monoisotopic (exact) mass is 189 g/mol. The van der Waals surface area contributed by atoms with Crippen LogP contribution < -0.4 is 0 Å². The molecule has 0 amide bonds. The Kier molecular flexibility index (Phi) is 142. The predicted molar refractivity (Wildman–Crippen MR) is 65.5 cm³/mol. The van der Waals surface area contributed by atoms with Gasteiger partial charge in [0.2, 0.25) is 0 Å². The van der Waals surface area contributed by atoms with Gasteiger partial charge in [0.05, 0.1) is 0 Å². The smallest absolute Gasteiger partial charge is 0.0353 e. The molecular weight excluding hydrogens is 166 g/mol. The first-order valence-electron chi connectivity index (χ1n) is 3.99. The van der Waals surface area contributed by atoms with Crippen LogP contribution in [0.2, 0.25) is 0 Å². The van der Waals surface area contributed by atoms with Crippen LogP contribution in [0.1, 0.15) is 34.1 Å². The molecule has 1 nitrogen and oxygen atoms in total. The first-order valence-corrected chi connectivity index (χ1v) is 4.88. The number of rotatable bonds is 1. The van der Waals surface area contributed by atoms with Crippen molar-refractivity contribution in [3.63, 3.8) is 0 Å².